The number of amides is 1. The van der Waals surface area contributed by atoms with Crippen molar-refractivity contribution in [1.29, 1.82) is 0 Å². The molecule has 1 amide bonds. The van der Waals surface area contributed by atoms with E-state index in [0.717, 1.165) is 32.1 Å². The molecule has 1 aliphatic carbocycles. The molecule has 0 unspecified atom stereocenters. The third-order valence-electron chi connectivity index (χ3n) is 5.31. The van der Waals surface area contributed by atoms with Crippen LogP contribution >= 0.6 is 0 Å². The monoisotopic (exact) mass is 394 g/mol. The first-order valence-corrected chi connectivity index (χ1v) is 11.5. The number of rotatable bonds is 8. The normalized spacial score (nSPS) is 19.3. The molecule has 0 spiro atoms. The van der Waals surface area contributed by atoms with E-state index in [1.54, 1.807) is 18.2 Å². The van der Waals surface area contributed by atoms with Gasteiger partial charge in [0.25, 0.3) is 5.91 Å². The van der Waals surface area contributed by atoms with Gasteiger partial charge in [-0.2, -0.15) is 4.31 Å². The van der Waals surface area contributed by atoms with Crippen molar-refractivity contribution in [2.45, 2.75) is 62.4 Å². The maximum absolute atomic E-state index is 12.6. The molecule has 0 aromatic heterocycles. The molecular weight excluding hydrogens is 364 g/mol. The fourth-order valence-electron chi connectivity index (χ4n) is 3.73. The molecule has 7 heteroatoms. The minimum Gasteiger partial charge on any atom is -0.378 e. The van der Waals surface area contributed by atoms with E-state index in [-0.39, 0.29) is 10.8 Å². The van der Waals surface area contributed by atoms with Gasteiger partial charge < -0.3 is 10.1 Å². The van der Waals surface area contributed by atoms with E-state index in [9.17, 15) is 13.2 Å². The van der Waals surface area contributed by atoms with Gasteiger partial charge in [-0.15, -0.1) is 0 Å². The van der Waals surface area contributed by atoms with Crippen molar-refractivity contribution in [2.75, 3.05) is 26.2 Å². The molecule has 0 atom stereocenters. The molecule has 1 saturated heterocycles. The molecule has 1 N–H and O–H groups in total. The lowest BCUT2D eigenvalue weighted by Crippen LogP contribution is -2.29. The summed E-state index contributed by atoms with van der Waals surface area (Å²) in [5.74, 6) is -0.244. The van der Waals surface area contributed by atoms with Crippen molar-refractivity contribution in [3.8, 4) is 0 Å². The van der Waals surface area contributed by atoms with Crippen LogP contribution in [0.15, 0.2) is 29.2 Å². The molecule has 0 radical (unpaired) electrons. The van der Waals surface area contributed by atoms with E-state index in [4.69, 9.17) is 4.74 Å². The number of ether oxygens (including phenoxy) is 1. The molecule has 1 aliphatic heterocycles. The molecule has 2 fully saturated rings. The summed E-state index contributed by atoms with van der Waals surface area (Å²) in [7, 11) is -3.50. The fourth-order valence-corrected chi connectivity index (χ4v) is 5.30. The Labute approximate surface area is 162 Å². The molecule has 150 valence electrons. The van der Waals surface area contributed by atoms with Gasteiger partial charge in [0.05, 0.1) is 11.0 Å². The summed E-state index contributed by atoms with van der Waals surface area (Å²) < 4.78 is 32.6. The van der Waals surface area contributed by atoms with Crippen molar-refractivity contribution in [2.24, 2.45) is 0 Å². The van der Waals surface area contributed by atoms with Gasteiger partial charge in [-0.25, -0.2) is 8.42 Å². The first-order chi connectivity index (χ1) is 13.1. The molecule has 2 aliphatic rings. The first-order valence-electron chi connectivity index (χ1n) is 10.1. The van der Waals surface area contributed by atoms with Crippen LogP contribution in [-0.4, -0.2) is 51.0 Å². The largest absolute Gasteiger partial charge is 0.378 e. The summed E-state index contributed by atoms with van der Waals surface area (Å²) >= 11 is 0. The second-order valence-electron chi connectivity index (χ2n) is 7.38. The van der Waals surface area contributed by atoms with Crippen LogP contribution in [0.5, 0.6) is 0 Å². The summed E-state index contributed by atoms with van der Waals surface area (Å²) in [6, 6.07) is 6.31. The zero-order valence-corrected chi connectivity index (χ0v) is 16.7. The lowest BCUT2D eigenvalue weighted by atomic mass is 9.98. The van der Waals surface area contributed by atoms with Gasteiger partial charge in [0.1, 0.15) is 0 Å². The fraction of sp³-hybridized carbons (Fsp3) is 0.650. The van der Waals surface area contributed by atoms with Gasteiger partial charge in [-0.05, 0) is 50.3 Å². The molecule has 0 bridgehead atoms. The van der Waals surface area contributed by atoms with Crippen LogP contribution in [0, 0.1) is 0 Å². The molecule has 1 heterocycles. The molecule has 3 rings (SSSR count). The van der Waals surface area contributed by atoms with Crippen molar-refractivity contribution in [3.05, 3.63) is 29.8 Å². The topological polar surface area (TPSA) is 75.7 Å². The number of hydrogen-bond donors (Lipinski definition) is 1. The summed E-state index contributed by atoms with van der Waals surface area (Å²) in [4.78, 5) is 12.5. The van der Waals surface area contributed by atoms with E-state index in [2.05, 4.69) is 5.32 Å². The average molecular weight is 395 g/mol. The van der Waals surface area contributed by atoms with Gasteiger partial charge in [0.2, 0.25) is 10.0 Å². The molecule has 1 saturated carbocycles. The number of sulfonamides is 1. The van der Waals surface area contributed by atoms with Gasteiger partial charge in [0, 0.05) is 31.8 Å². The lowest BCUT2D eigenvalue weighted by molar-refractivity contribution is 0.0273. The molecule has 1 aromatic rings. The predicted molar refractivity (Wildman–Crippen MR) is 104 cm³/mol. The van der Waals surface area contributed by atoms with Gasteiger partial charge >= 0.3 is 0 Å². The molecule has 27 heavy (non-hydrogen) atoms. The van der Waals surface area contributed by atoms with Crippen LogP contribution in [0.2, 0.25) is 0 Å². The number of benzene rings is 1. The van der Waals surface area contributed by atoms with Crippen LogP contribution in [0.4, 0.5) is 0 Å². The molecular formula is C20H30N2O4S. The van der Waals surface area contributed by atoms with Crippen LogP contribution in [0.25, 0.3) is 0 Å². The number of carbonyl (C=O) groups excluding carboxylic acids is 1. The van der Waals surface area contributed by atoms with E-state index < -0.39 is 10.0 Å². The minimum atomic E-state index is -3.50. The number of carbonyl (C=O) groups is 1. The highest BCUT2D eigenvalue weighted by molar-refractivity contribution is 7.89. The Morgan fingerprint density at radius 3 is 2.59 bits per heavy atom. The van der Waals surface area contributed by atoms with Crippen molar-refractivity contribution in [3.63, 3.8) is 0 Å². The van der Waals surface area contributed by atoms with Crippen LogP contribution in [-0.2, 0) is 14.8 Å². The van der Waals surface area contributed by atoms with Gasteiger partial charge in [-0.3, -0.25) is 4.79 Å². The van der Waals surface area contributed by atoms with E-state index >= 15 is 0 Å². The Morgan fingerprint density at radius 2 is 1.85 bits per heavy atom. The number of nitrogens with zero attached hydrogens (tertiary/aromatic N) is 1. The Balaban J connectivity index is 1.47. The Morgan fingerprint density at radius 1 is 1.11 bits per heavy atom. The SMILES string of the molecule is O=C(NCCCOC1CCCCC1)c1cccc(S(=O)(=O)N2CCCC2)c1. The standard InChI is InChI=1S/C20H30N2O4S/c23-20(21-12-7-15-26-18-9-2-1-3-10-18)17-8-6-11-19(16-17)27(24,25)22-13-4-5-14-22/h6,8,11,16,18H,1-5,7,9-10,12-15H2,(H,21,23). The highest BCUT2D eigenvalue weighted by Crippen LogP contribution is 2.22. The molecule has 6 nitrogen and oxygen atoms in total. The maximum atomic E-state index is 12.6. The smallest absolute Gasteiger partial charge is 0.251 e. The van der Waals surface area contributed by atoms with Crippen molar-refractivity contribution in [1.82, 2.24) is 9.62 Å². The van der Waals surface area contributed by atoms with E-state index in [0.29, 0.717) is 37.9 Å². The maximum Gasteiger partial charge on any atom is 0.251 e. The average Bonchev–Trinajstić information content (AvgIpc) is 3.24. The minimum absolute atomic E-state index is 0.192. The summed E-state index contributed by atoms with van der Waals surface area (Å²) in [6.07, 6.45) is 9.01. The zero-order valence-electron chi connectivity index (χ0n) is 15.9. The second-order valence-corrected chi connectivity index (χ2v) is 9.32. The Hall–Kier alpha value is -1.44. The van der Waals surface area contributed by atoms with E-state index in [1.165, 1.54) is 29.6 Å². The second kappa shape index (κ2) is 9.66. The van der Waals surface area contributed by atoms with Gasteiger partial charge in [-0.1, -0.05) is 25.3 Å². The Bertz CT molecular complexity index is 723. The number of nitrogens with one attached hydrogen (secondary N) is 1. The Kier molecular flexibility index (Phi) is 7.26. The lowest BCUT2D eigenvalue weighted by Gasteiger charge is -2.21. The van der Waals surface area contributed by atoms with Crippen molar-refractivity contribution >= 4 is 15.9 Å². The first kappa shape index (κ1) is 20.3. The van der Waals surface area contributed by atoms with Crippen LogP contribution < -0.4 is 5.32 Å². The zero-order chi connectivity index (χ0) is 19.1. The quantitative estimate of drug-likeness (QED) is 0.688. The highest BCUT2D eigenvalue weighted by Gasteiger charge is 2.27. The predicted octanol–water partition coefficient (Wildman–Crippen LogP) is 2.94. The number of hydrogen-bond acceptors (Lipinski definition) is 4. The van der Waals surface area contributed by atoms with E-state index in [1.807, 2.05) is 0 Å². The van der Waals surface area contributed by atoms with Crippen molar-refractivity contribution < 1.29 is 17.9 Å². The van der Waals surface area contributed by atoms with Gasteiger partial charge in [0.15, 0.2) is 0 Å². The van der Waals surface area contributed by atoms with Crippen LogP contribution in [0.1, 0.15) is 61.7 Å². The molecule has 1 aromatic carbocycles. The summed E-state index contributed by atoms with van der Waals surface area (Å²) in [6.45, 7) is 2.28. The highest BCUT2D eigenvalue weighted by atomic mass is 32.2. The summed E-state index contributed by atoms with van der Waals surface area (Å²) in [5.41, 5.74) is 0.378. The third kappa shape index (κ3) is 5.53. The van der Waals surface area contributed by atoms with Crippen LogP contribution in [0.3, 0.4) is 0 Å². The third-order valence-corrected chi connectivity index (χ3v) is 7.21. The summed E-state index contributed by atoms with van der Waals surface area (Å²) in [5, 5.41) is 2.86.